The van der Waals surface area contributed by atoms with E-state index in [4.69, 9.17) is 0 Å². The molecule has 0 saturated carbocycles. The average molecular weight is 383 g/mol. The summed E-state index contributed by atoms with van der Waals surface area (Å²) in [6.45, 7) is 1.32. The molecular formula is C18H15BrN4O. The molecule has 4 rings (SSSR count). The molecule has 1 aromatic heterocycles. The van der Waals surface area contributed by atoms with Gasteiger partial charge in [-0.3, -0.25) is 4.79 Å². The van der Waals surface area contributed by atoms with Crippen LogP contribution < -0.4 is 0 Å². The highest BCUT2D eigenvalue weighted by Crippen LogP contribution is 2.25. The van der Waals surface area contributed by atoms with E-state index in [-0.39, 0.29) is 11.9 Å². The Balaban J connectivity index is 1.42. The third kappa shape index (κ3) is 2.85. The van der Waals surface area contributed by atoms with Crippen molar-refractivity contribution in [2.75, 3.05) is 13.1 Å². The smallest absolute Gasteiger partial charge is 0.254 e. The Hall–Kier alpha value is -2.47. The van der Waals surface area contributed by atoms with E-state index in [1.807, 2.05) is 70.4 Å². The second kappa shape index (κ2) is 6.20. The van der Waals surface area contributed by atoms with Gasteiger partial charge in [0, 0.05) is 28.7 Å². The van der Waals surface area contributed by atoms with Gasteiger partial charge in [0.1, 0.15) is 5.69 Å². The highest BCUT2D eigenvalue weighted by atomic mass is 79.9. The molecule has 1 aliphatic rings. The second-order valence-electron chi connectivity index (χ2n) is 5.82. The van der Waals surface area contributed by atoms with Crippen LogP contribution in [0.15, 0.2) is 65.3 Å². The van der Waals surface area contributed by atoms with Crippen molar-refractivity contribution >= 4 is 21.8 Å². The van der Waals surface area contributed by atoms with E-state index in [2.05, 4.69) is 26.2 Å². The zero-order valence-corrected chi connectivity index (χ0v) is 14.4. The zero-order valence-electron chi connectivity index (χ0n) is 12.8. The predicted molar refractivity (Wildman–Crippen MR) is 94.5 cm³/mol. The van der Waals surface area contributed by atoms with Gasteiger partial charge in [-0.05, 0) is 24.3 Å². The molecule has 1 saturated heterocycles. The van der Waals surface area contributed by atoms with Crippen molar-refractivity contribution in [3.05, 3.63) is 70.8 Å². The number of benzene rings is 2. The lowest BCUT2D eigenvalue weighted by Gasteiger charge is -2.38. The van der Waals surface area contributed by atoms with Gasteiger partial charge in [-0.1, -0.05) is 51.5 Å². The molecule has 0 N–H and O–H groups in total. The Kier molecular flexibility index (Phi) is 3.90. The lowest BCUT2D eigenvalue weighted by Crippen LogP contribution is -2.50. The van der Waals surface area contributed by atoms with Crippen LogP contribution in [0.25, 0.3) is 11.3 Å². The van der Waals surface area contributed by atoms with E-state index < -0.39 is 0 Å². The number of rotatable bonds is 3. The maximum Gasteiger partial charge on any atom is 0.254 e. The molecule has 0 spiro atoms. The molecule has 24 heavy (non-hydrogen) atoms. The number of carbonyl (C=O) groups is 1. The lowest BCUT2D eigenvalue weighted by molar-refractivity contribution is 0.0498. The fraction of sp³-hybridized carbons (Fsp3) is 0.167. The van der Waals surface area contributed by atoms with E-state index in [0.29, 0.717) is 18.7 Å². The predicted octanol–water partition coefficient (Wildman–Crippen LogP) is 3.40. The van der Waals surface area contributed by atoms with Crippen molar-refractivity contribution in [2.45, 2.75) is 6.04 Å². The summed E-state index contributed by atoms with van der Waals surface area (Å²) in [5.41, 5.74) is 2.61. The normalized spacial score (nSPS) is 14.5. The van der Waals surface area contributed by atoms with Crippen molar-refractivity contribution in [1.82, 2.24) is 19.9 Å². The zero-order chi connectivity index (χ0) is 16.5. The van der Waals surface area contributed by atoms with Crippen LogP contribution in [-0.2, 0) is 0 Å². The topological polar surface area (TPSA) is 51.0 Å². The van der Waals surface area contributed by atoms with E-state index >= 15 is 0 Å². The standard InChI is InChI=1S/C18H15BrN4O/c19-15-8-6-14(7-9-15)18(24)22-10-16(11-22)23-12-17(20-21-23)13-4-2-1-3-5-13/h1-9,12,16H,10-11H2. The van der Waals surface area contributed by atoms with Gasteiger partial charge in [0.25, 0.3) is 5.91 Å². The number of hydrogen-bond acceptors (Lipinski definition) is 3. The van der Waals surface area contributed by atoms with Crippen LogP contribution in [0, 0.1) is 0 Å². The van der Waals surface area contributed by atoms with Crippen molar-refractivity contribution in [2.24, 2.45) is 0 Å². The van der Waals surface area contributed by atoms with Gasteiger partial charge >= 0.3 is 0 Å². The Bertz CT molecular complexity index is 854. The van der Waals surface area contributed by atoms with Crippen LogP contribution in [0.1, 0.15) is 16.4 Å². The molecule has 2 heterocycles. The number of halogens is 1. The van der Waals surface area contributed by atoms with Gasteiger partial charge in [-0.2, -0.15) is 0 Å². The molecule has 6 heteroatoms. The van der Waals surface area contributed by atoms with Crippen molar-refractivity contribution in [1.29, 1.82) is 0 Å². The molecule has 5 nitrogen and oxygen atoms in total. The first kappa shape index (κ1) is 15.1. The average Bonchev–Trinajstić information content (AvgIpc) is 3.04. The van der Waals surface area contributed by atoms with Crippen LogP contribution in [0.2, 0.25) is 0 Å². The third-order valence-electron chi connectivity index (χ3n) is 4.19. The van der Waals surface area contributed by atoms with E-state index in [1.54, 1.807) is 0 Å². The van der Waals surface area contributed by atoms with Crippen LogP contribution in [0.4, 0.5) is 0 Å². The Labute approximate surface area is 148 Å². The third-order valence-corrected chi connectivity index (χ3v) is 4.72. The Morgan fingerprint density at radius 3 is 2.46 bits per heavy atom. The Morgan fingerprint density at radius 2 is 1.75 bits per heavy atom. The minimum absolute atomic E-state index is 0.0575. The van der Waals surface area contributed by atoms with Gasteiger partial charge in [0.2, 0.25) is 0 Å². The Morgan fingerprint density at radius 1 is 1.04 bits per heavy atom. The summed E-state index contributed by atoms with van der Waals surface area (Å²) in [5.74, 6) is 0.0575. The van der Waals surface area contributed by atoms with Gasteiger partial charge in [0.05, 0.1) is 12.2 Å². The van der Waals surface area contributed by atoms with Crippen LogP contribution in [0.3, 0.4) is 0 Å². The first-order chi connectivity index (χ1) is 11.7. The van der Waals surface area contributed by atoms with E-state index in [9.17, 15) is 4.79 Å². The van der Waals surface area contributed by atoms with E-state index in [0.717, 1.165) is 15.7 Å². The minimum Gasteiger partial charge on any atom is -0.334 e. The molecule has 0 unspecified atom stereocenters. The summed E-state index contributed by atoms with van der Waals surface area (Å²) in [6.07, 6.45) is 1.95. The van der Waals surface area contributed by atoms with E-state index in [1.165, 1.54) is 0 Å². The summed E-state index contributed by atoms with van der Waals surface area (Å²) < 4.78 is 2.82. The molecule has 120 valence electrons. The number of nitrogens with zero attached hydrogens (tertiary/aromatic N) is 4. The number of likely N-dealkylation sites (tertiary alicyclic amines) is 1. The number of carbonyl (C=O) groups excluding carboxylic acids is 1. The van der Waals surface area contributed by atoms with Crippen molar-refractivity contribution in [3.63, 3.8) is 0 Å². The quantitative estimate of drug-likeness (QED) is 0.697. The van der Waals surface area contributed by atoms with Gasteiger partial charge in [-0.15, -0.1) is 5.10 Å². The highest BCUT2D eigenvalue weighted by molar-refractivity contribution is 9.10. The largest absolute Gasteiger partial charge is 0.334 e. The molecule has 2 aromatic carbocycles. The van der Waals surface area contributed by atoms with Crippen LogP contribution in [-0.4, -0.2) is 38.9 Å². The number of aromatic nitrogens is 3. The van der Waals surface area contributed by atoms with Gasteiger partial charge in [0.15, 0.2) is 0 Å². The second-order valence-corrected chi connectivity index (χ2v) is 6.74. The van der Waals surface area contributed by atoms with Crippen molar-refractivity contribution in [3.8, 4) is 11.3 Å². The first-order valence-corrected chi connectivity index (χ1v) is 8.52. The molecule has 0 atom stereocenters. The number of hydrogen-bond donors (Lipinski definition) is 0. The molecular weight excluding hydrogens is 368 g/mol. The molecule has 1 aliphatic heterocycles. The highest BCUT2D eigenvalue weighted by Gasteiger charge is 2.33. The maximum absolute atomic E-state index is 12.4. The number of amides is 1. The van der Waals surface area contributed by atoms with Crippen LogP contribution >= 0.6 is 15.9 Å². The SMILES string of the molecule is O=C(c1ccc(Br)cc1)N1CC(n2cc(-c3ccccc3)nn2)C1. The molecule has 0 aliphatic carbocycles. The fourth-order valence-electron chi connectivity index (χ4n) is 2.76. The first-order valence-electron chi connectivity index (χ1n) is 7.73. The molecule has 0 radical (unpaired) electrons. The van der Waals surface area contributed by atoms with Gasteiger partial charge < -0.3 is 4.90 Å². The van der Waals surface area contributed by atoms with Crippen molar-refractivity contribution < 1.29 is 4.79 Å². The lowest BCUT2D eigenvalue weighted by atomic mass is 10.1. The molecule has 1 amide bonds. The monoisotopic (exact) mass is 382 g/mol. The molecule has 3 aromatic rings. The minimum atomic E-state index is 0.0575. The van der Waals surface area contributed by atoms with Crippen LogP contribution in [0.5, 0.6) is 0 Å². The summed E-state index contributed by atoms with van der Waals surface area (Å²) in [4.78, 5) is 14.2. The summed E-state index contributed by atoms with van der Waals surface area (Å²) >= 11 is 3.38. The molecule has 0 bridgehead atoms. The fourth-order valence-corrected chi connectivity index (χ4v) is 3.02. The molecule has 1 fully saturated rings. The summed E-state index contributed by atoms with van der Waals surface area (Å²) in [7, 11) is 0. The van der Waals surface area contributed by atoms with Gasteiger partial charge in [-0.25, -0.2) is 4.68 Å². The maximum atomic E-state index is 12.4. The summed E-state index contributed by atoms with van der Waals surface area (Å²) in [5, 5.41) is 8.45. The summed E-state index contributed by atoms with van der Waals surface area (Å²) in [6, 6.07) is 17.6.